The van der Waals surface area contributed by atoms with Crippen LogP contribution in [0, 0.1) is 0 Å². The van der Waals surface area contributed by atoms with Gasteiger partial charge in [0.1, 0.15) is 5.60 Å². The van der Waals surface area contributed by atoms with E-state index in [-0.39, 0.29) is 0 Å². The predicted molar refractivity (Wildman–Crippen MR) is 90.0 cm³/mol. The van der Waals surface area contributed by atoms with E-state index in [1.165, 1.54) is 0 Å². The zero-order valence-electron chi connectivity index (χ0n) is 13.6. The summed E-state index contributed by atoms with van der Waals surface area (Å²) in [5, 5.41) is 13.2. The summed E-state index contributed by atoms with van der Waals surface area (Å²) in [7, 11) is 0. The second-order valence-electron chi connectivity index (χ2n) is 6.05. The van der Waals surface area contributed by atoms with E-state index in [1.54, 1.807) is 32.5 Å². The number of aliphatic hydroxyl groups excluding tert-OH is 1. The summed E-state index contributed by atoms with van der Waals surface area (Å²) in [5.74, 6) is 0. The minimum absolute atomic E-state index is 0.362. The molecule has 0 aliphatic rings. The number of nitrogens with two attached hydrogens (primary N) is 1. The molecule has 0 saturated heterocycles. The summed E-state index contributed by atoms with van der Waals surface area (Å²) < 4.78 is 5.23. The number of rotatable bonds is 6. The van der Waals surface area contributed by atoms with Gasteiger partial charge in [-0.15, -0.1) is 11.8 Å². The van der Waals surface area contributed by atoms with Crippen molar-refractivity contribution in [2.45, 2.75) is 49.8 Å². The number of alkyl carbamates (subject to hydrolysis) is 1. The molecule has 0 spiro atoms. The van der Waals surface area contributed by atoms with Crippen molar-refractivity contribution < 1.29 is 14.6 Å². The maximum absolute atomic E-state index is 11.9. The molecule has 1 aromatic rings. The molecule has 2 atom stereocenters. The van der Waals surface area contributed by atoms with Crippen LogP contribution < -0.4 is 11.1 Å². The van der Waals surface area contributed by atoms with Crippen molar-refractivity contribution in [2.24, 2.45) is 5.73 Å². The van der Waals surface area contributed by atoms with Crippen LogP contribution in [0.4, 0.5) is 4.79 Å². The maximum atomic E-state index is 11.9. The zero-order valence-corrected chi connectivity index (χ0v) is 14.4. The Kier molecular flexibility index (Phi) is 7.19. The van der Waals surface area contributed by atoms with E-state index in [4.69, 9.17) is 10.5 Å². The molecule has 6 heteroatoms. The molecular formula is C16H26N2O3S. The lowest BCUT2D eigenvalue weighted by molar-refractivity contribution is 0.0415. The Hall–Kier alpha value is -1.24. The lowest BCUT2D eigenvalue weighted by Crippen LogP contribution is -2.43. The number of carbonyl (C=O) groups excluding carboxylic acids is 1. The quantitative estimate of drug-likeness (QED) is 0.700. The van der Waals surface area contributed by atoms with E-state index in [0.717, 1.165) is 10.5 Å². The van der Waals surface area contributed by atoms with Crippen LogP contribution >= 0.6 is 11.8 Å². The fourth-order valence-electron chi connectivity index (χ4n) is 1.98. The number of nitrogens with one attached hydrogen (secondary N) is 1. The van der Waals surface area contributed by atoms with Crippen LogP contribution in [0.25, 0.3) is 0 Å². The molecule has 124 valence electrons. The molecule has 4 N–H and O–H groups in total. The maximum Gasteiger partial charge on any atom is 0.407 e. The van der Waals surface area contributed by atoms with Crippen LogP contribution in [-0.2, 0) is 4.74 Å². The molecule has 1 amide bonds. The number of thioether (sulfide) groups is 1. The van der Waals surface area contributed by atoms with Gasteiger partial charge in [-0.1, -0.05) is 12.1 Å². The Bertz CT molecular complexity index is 471. The lowest BCUT2D eigenvalue weighted by Gasteiger charge is -2.26. The summed E-state index contributed by atoms with van der Waals surface area (Å²) in [5.41, 5.74) is 5.75. The molecule has 0 aromatic heterocycles. The normalized spacial score (nSPS) is 14.3. The second kappa shape index (κ2) is 8.41. The van der Waals surface area contributed by atoms with Crippen molar-refractivity contribution >= 4 is 17.9 Å². The van der Waals surface area contributed by atoms with Crippen molar-refractivity contribution in [1.29, 1.82) is 0 Å². The topological polar surface area (TPSA) is 84.6 Å². The van der Waals surface area contributed by atoms with Crippen molar-refractivity contribution in [1.82, 2.24) is 5.32 Å². The Balaban J connectivity index is 2.77. The highest BCUT2D eigenvalue weighted by Crippen LogP contribution is 2.22. The molecule has 0 radical (unpaired) electrons. The number of amides is 1. The van der Waals surface area contributed by atoms with Gasteiger partial charge >= 0.3 is 6.09 Å². The first-order valence-electron chi connectivity index (χ1n) is 7.28. The molecule has 1 aromatic carbocycles. The highest BCUT2D eigenvalue weighted by Gasteiger charge is 2.25. The largest absolute Gasteiger partial charge is 0.444 e. The van der Waals surface area contributed by atoms with E-state index < -0.39 is 23.8 Å². The van der Waals surface area contributed by atoms with Crippen LogP contribution in [0.1, 0.15) is 38.9 Å². The van der Waals surface area contributed by atoms with Gasteiger partial charge in [0, 0.05) is 4.90 Å². The predicted octanol–water partition coefficient (Wildman–Crippen LogP) is 2.68. The van der Waals surface area contributed by atoms with Gasteiger partial charge in [0.2, 0.25) is 0 Å². The molecule has 0 aliphatic carbocycles. The summed E-state index contributed by atoms with van der Waals surface area (Å²) in [6, 6.07) is 7.11. The van der Waals surface area contributed by atoms with Crippen LogP contribution in [0.2, 0.25) is 0 Å². The number of carbonyl (C=O) groups is 1. The van der Waals surface area contributed by atoms with E-state index in [2.05, 4.69) is 5.32 Å². The Morgan fingerprint density at radius 1 is 1.36 bits per heavy atom. The average Bonchev–Trinajstić information content (AvgIpc) is 2.44. The number of hydrogen-bond donors (Lipinski definition) is 3. The van der Waals surface area contributed by atoms with Crippen LogP contribution in [0.5, 0.6) is 0 Å². The van der Waals surface area contributed by atoms with Gasteiger partial charge < -0.3 is 20.9 Å². The molecule has 0 aliphatic heterocycles. The molecular weight excluding hydrogens is 300 g/mol. The van der Waals surface area contributed by atoms with E-state index in [1.807, 2.05) is 30.5 Å². The summed E-state index contributed by atoms with van der Waals surface area (Å²) in [6.07, 6.45) is 1.08. The van der Waals surface area contributed by atoms with E-state index in [0.29, 0.717) is 13.0 Å². The highest BCUT2D eigenvalue weighted by molar-refractivity contribution is 7.98. The van der Waals surface area contributed by atoms with Crippen LogP contribution in [-0.4, -0.2) is 35.6 Å². The first-order valence-corrected chi connectivity index (χ1v) is 8.51. The second-order valence-corrected chi connectivity index (χ2v) is 6.93. The molecule has 0 bridgehead atoms. The van der Waals surface area contributed by atoms with Gasteiger partial charge in [-0.2, -0.15) is 0 Å². The number of aliphatic hydroxyl groups is 1. The molecule has 22 heavy (non-hydrogen) atoms. The summed E-state index contributed by atoms with van der Waals surface area (Å²) in [6.45, 7) is 5.74. The standard InChI is InChI=1S/C16H26N2O3S/c1-16(2,3)21-15(20)18-13(9-10-17)14(19)11-5-7-12(22-4)8-6-11/h5-8,13-14,19H,9-10,17H2,1-4H3,(H,18,20). The number of benzene rings is 1. The third kappa shape index (κ3) is 6.25. The first kappa shape index (κ1) is 18.8. The molecule has 0 heterocycles. The first-order chi connectivity index (χ1) is 10.3. The summed E-state index contributed by atoms with van der Waals surface area (Å²) in [4.78, 5) is 13.0. The van der Waals surface area contributed by atoms with Gasteiger partial charge in [-0.05, 0) is 57.7 Å². The van der Waals surface area contributed by atoms with Crippen LogP contribution in [0.15, 0.2) is 29.2 Å². The number of ether oxygens (including phenoxy) is 1. The van der Waals surface area contributed by atoms with Gasteiger partial charge in [0.15, 0.2) is 0 Å². The van der Waals surface area contributed by atoms with Gasteiger partial charge in [-0.25, -0.2) is 4.79 Å². The third-order valence-corrected chi connectivity index (χ3v) is 3.76. The fraction of sp³-hybridized carbons (Fsp3) is 0.562. The lowest BCUT2D eigenvalue weighted by atomic mass is 10.00. The number of hydrogen-bond acceptors (Lipinski definition) is 5. The molecule has 1 rings (SSSR count). The zero-order chi connectivity index (χ0) is 16.8. The molecule has 0 saturated carbocycles. The summed E-state index contributed by atoms with van der Waals surface area (Å²) >= 11 is 1.63. The van der Waals surface area contributed by atoms with E-state index >= 15 is 0 Å². The average molecular weight is 326 g/mol. The van der Waals surface area contributed by atoms with Crippen molar-refractivity contribution in [2.75, 3.05) is 12.8 Å². The smallest absolute Gasteiger partial charge is 0.407 e. The van der Waals surface area contributed by atoms with Crippen molar-refractivity contribution in [3.05, 3.63) is 29.8 Å². The molecule has 0 fully saturated rings. The van der Waals surface area contributed by atoms with Crippen LogP contribution in [0.3, 0.4) is 0 Å². The fourth-order valence-corrected chi connectivity index (χ4v) is 2.39. The minimum Gasteiger partial charge on any atom is -0.444 e. The molecule has 5 nitrogen and oxygen atoms in total. The highest BCUT2D eigenvalue weighted by atomic mass is 32.2. The Morgan fingerprint density at radius 3 is 2.41 bits per heavy atom. The van der Waals surface area contributed by atoms with Crippen molar-refractivity contribution in [3.8, 4) is 0 Å². The van der Waals surface area contributed by atoms with Gasteiger partial charge in [0.25, 0.3) is 0 Å². The SMILES string of the molecule is CSc1ccc(C(O)C(CCN)NC(=O)OC(C)(C)C)cc1. The molecule has 2 unspecified atom stereocenters. The Labute approximate surface area is 136 Å². The van der Waals surface area contributed by atoms with Crippen molar-refractivity contribution in [3.63, 3.8) is 0 Å². The van der Waals surface area contributed by atoms with Gasteiger partial charge in [0.05, 0.1) is 12.1 Å². The van der Waals surface area contributed by atoms with E-state index in [9.17, 15) is 9.90 Å². The minimum atomic E-state index is -0.827. The Morgan fingerprint density at radius 2 is 1.95 bits per heavy atom. The monoisotopic (exact) mass is 326 g/mol. The van der Waals surface area contributed by atoms with Gasteiger partial charge in [-0.3, -0.25) is 0 Å². The third-order valence-electron chi connectivity index (χ3n) is 3.02.